The van der Waals surface area contributed by atoms with Crippen LogP contribution in [0.4, 0.5) is 0 Å². The Morgan fingerprint density at radius 1 is 0.829 bits per heavy atom. The lowest BCUT2D eigenvalue weighted by Gasteiger charge is -2.12. The Kier molecular flexibility index (Phi) is 10.6. The third-order valence-corrected chi connectivity index (χ3v) is 4.42. The lowest BCUT2D eigenvalue weighted by Crippen LogP contribution is -2.11. The van der Waals surface area contributed by atoms with Gasteiger partial charge >= 0.3 is 11.9 Å². The van der Waals surface area contributed by atoms with Gasteiger partial charge in [-0.2, -0.15) is 10.5 Å². The predicted octanol–water partition coefficient (Wildman–Crippen LogP) is 4.86. The minimum atomic E-state index is -0.869. The van der Waals surface area contributed by atoms with E-state index in [1.165, 1.54) is 24.3 Å². The number of esters is 2. The number of ether oxygens (including phenoxy) is 4. The van der Waals surface area contributed by atoms with Crippen molar-refractivity contribution in [3.05, 3.63) is 64.7 Å². The molecule has 0 atom stereocenters. The van der Waals surface area contributed by atoms with Gasteiger partial charge in [-0.05, 0) is 56.2 Å². The van der Waals surface area contributed by atoms with Crippen molar-refractivity contribution in [2.24, 2.45) is 0 Å². The summed E-state index contributed by atoms with van der Waals surface area (Å²) in [6, 6.07) is 15.3. The van der Waals surface area contributed by atoms with Crippen LogP contribution in [0.5, 0.6) is 17.2 Å². The van der Waals surface area contributed by atoms with Crippen molar-refractivity contribution in [1.29, 1.82) is 10.5 Å². The summed E-state index contributed by atoms with van der Waals surface area (Å²) >= 11 is 0. The van der Waals surface area contributed by atoms with Gasteiger partial charge in [-0.3, -0.25) is 0 Å². The SMILES string of the molecule is CCCOc1ccccc1/C=C(\C#N)C(=O)Oc1ccc(/C=C(\C#N)C(=O)OCC)cc1OCC. The number of hydrogen-bond donors (Lipinski definition) is 0. The fourth-order valence-electron chi connectivity index (χ4n) is 2.87. The van der Waals surface area contributed by atoms with E-state index < -0.39 is 11.9 Å². The Morgan fingerprint density at radius 3 is 2.20 bits per heavy atom. The van der Waals surface area contributed by atoms with Crippen molar-refractivity contribution in [2.75, 3.05) is 19.8 Å². The number of carbonyl (C=O) groups is 2. The van der Waals surface area contributed by atoms with Crippen LogP contribution in [0.1, 0.15) is 38.3 Å². The maximum atomic E-state index is 12.8. The average molecular weight is 475 g/mol. The number of carbonyl (C=O) groups excluding carboxylic acids is 2. The molecule has 8 nitrogen and oxygen atoms in total. The first-order chi connectivity index (χ1) is 17.0. The molecule has 0 fully saturated rings. The van der Waals surface area contributed by atoms with Gasteiger partial charge in [0.1, 0.15) is 29.0 Å². The van der Waals surface area contributed by atoms with Crippen molar-refractivity contribution in [3.8, 4) is 29.4 Å². The molecule has 0 bridgehead atoms. The van der Waals surface area contributed by atoms with Gasteiger partial charge in [0.2, 0.25) is 0 Å². The standard InChI is InChI=1S/C27H26N2O6/c1-4-13-34-23-10-8-7-9-20(23)16-22(18-29)27(31)35-24-12-11-19(15-25(24)32-5-2)14-21(17-28)26(30)33-6-3/h7-12,14-16H,4-6,13H2,1-3H3/b21-14+,22-16+. The molecule has 0 amide bonds. The van der Waals surface area contributed by atoms with E-state index in [1.807, 2.05) is 13.0 Å². The number of nitrogens with zero attached hydrogens (tertiary/aromatic N) is 2. The van der Waals surface area contributed by atoms with Gasteiger partial charge in [0, 0.05) is 5.56 Å². The summed E-state index contributed by atoms with van der Waals surface area (Å²) in [7, 11) is 0. The highest BCUT2D eigenvalue weighted by molar-refractivity contribution is 6.00. The first-order valence-corrected chi connectivity index (χ1v) is 11.1. The summed E-state index contributed by atoms with van der Waals surface area (Å²) in [5.41, 5.74) is 0.634. The molecule has 2 rings (SSSR count). The maximum Gasteiger partial charge on any atom is 0.354 e. The molecule has 8 heteroatoms. The Balaban J connectivity index is 2.34. The van der Waals surface area contributed by atoms with Crippen LogP contribution in [0.2, 0.25) is 0 Å². The first-order valence-electron chi connectivity index (χ1n) is 11.1. The van der Waals surface area contributed by atoms with E-state index in [9.17, 15) is 20.1 Å². The Bertz CT molecular complexity index is 1200. The predicted molar refractivity (Wildman–Crippen MR) is 129 cm³/mol. The molecule has 0 radical (unpaired) electrons. The third-order valence-electron chi connectivity index (χ3n) is 4.42. The number of rotatable bonds is 11. The topological polar surface area (TPSA) is 119 Å². The van der Waals surface area contributed by atoms with Crippen molar-refractivity contribution < 1.29 is 28.5 Å². The zero-order valence-corrected chi connectivity index (χ0v) is 19.9. The van der Waals surface area contributed by atoms with Gasteiger partial charge < -0.3 is 18.9 Å². The second-order valence-electron chi connectivity index (χ2n) is 6.98. The van der Waals surface area contributed by atoms with E-state index in [1.54, 1.807) is 50.2 Å². The number of benzene rings is 2. The van der Waals surface area contributed by atoms with Crippen molar-refractivity contribution in [1.82, 2.24) is 0 Å². The highest BCUT2D eigenvalue weighted by atomic mass is 16.6. The van der Waals surface area contributed by atoms with Gasteiger partial charge in [-0.15, -0.1) is 0 Å². The first kappa shape index (κ1) is 26.7. The van der Waals surface area contributed by atoms with Crippen LogP contribution in [0.25, 0.3) is 12.2 Å². The van der Waals surface area contributed by atoms with Crippen LogP contribution in [-0.2, 0) is 14.3 Å². The van der Waals surface area contributed by atoms with Crippen LogP contribution in [0.3, 0.4) is 0 Å². The van der Waals surface area contributed by atoms with Crippen LogP contribution in [0.15, 0.2) is 53.6 Å². The second kappa shape index (κ2) is 13.9. The number of nitriles is 2. The molecular formula is C27H26N2O6. The van der Waals surface area contributed by atoms with Gasteiger partial charge in [0.05, 0.1) is 19.8 Å². The summed E-state index contributed by atoms with van der Waals surface area (Å²) < 4.78 is 21.6. The molecule has 0 aliphatic carbocycles. The molecule has 35 heavy (non-hydrogen) atoms. The van der Waals surface area contributed by atoms with Crippen molar-refractivity contribution in [3.63, 3.8) is 0 Å². The molecule has 180 valence electrons. The lowest BCUT2D eigenvalue weighted by molar-refractivity contribution is -0.138. The number of para-hydroxylation sites is 1. The van der Waals surface area contributed by atoms with Crippen molar-refractivity contribution in [2.45, 2.75) is 27.2 Å². The molecule has 0 aromatic heterocycles. The third kappa shape index (κ3) is 7.76. The van der Waals surface area contributed by atoms with Crippen LogP contribution in [-0.4, -0.2) is 31.8 Å². The second-order valence-corrected chi connectivity index (χ2v) is 6.98. The maximum absolute atomic E-state index is 12.8. The van der Waals surface area contributed by atoms with Gasteiger partial charge in [-0.1, -0.05) is 31.2 Å². The van der Waals surface area contributed by atoms with Gasteiger partial charge in [0.25, 0.3) is 0 Å². The lowest BCUT2D eigenvalue weighted by atomic mass is 10.1. The molecule has 0 N–H and O–H groups in total. The molecular weight excluding hydrogens is 448 g/mol. The Morgan fingerprint density at radius 2 is 1.54 bits per heavy atom. The van der Waals surface area contributed by atoms with Crippen LogP contribution in [0, 0.1) is 22.7 Å². The molecule has 0 saturated heterocycles. The fraction of sp³-hybridized carbons (Fsp3) is 0.259. The van der Waals surface area contributed by atoms with Gasteiger partial charge in [-0.25, -0.2) is 9.59 Å². The highest BCUT2D eigenvalue weighted by Crippen LogP contribution is 2.30. The largest absolute Gasteiger partial charge is 0.493 e. The summed E-state index contributed by atoms with van der Waals surface area (Å²) in [6.07, 6.45) is 3.56. The molecule has 0 aliphatic rings. The summed E-state index contributed by atoms with van der Waals surface area (Å²) in [5, 5.41) is 18.8. The number of hydrogen-bond acceptors (Lipinski definition) is 8. The smallest absolute Gasteiger partial charge is 0.354 e. The van der Waals surface area contributed by atoms with E-state index in [-0.39, 0.29) is 35.9 Å². The average Bonchev–Trinajstić information content (AvgIpc) is 2.86. The molecule has 0 heterocycles. The van der Waals surface area contributed by atoms with Crippen LogP contribution < -0.4 is 14.2 Å². The normalized spacial score (nSPS) is 11.1. The van der Waals surface area contributed by atoms with Gasteiger partial charge in [0.15, 0.2) is 11.5 Å². The zero-order valence-electron chi connectivity index (χ0n) is 19.9. The van der Waals surface area contributed by atoms with E-state index in [4.69, 9.17) is 18.9 Å². The molecule has 0 spiro atoms. The fourth-order valence-corrected chi connectivity index (χ4v) is 2.87. The molecule has 0 saturated carbocycles. The van der Waals surface area contributed by atoms with Crippen LogP contribution >= 0.6 is 0 Å². The Labute approximate surface area is 204 Å². The molecule has 2 aromatic carbocycles. The molecule has 2 aromatic rings. The summed E-state index contributed by atoms with van der Waals surface area (Å²) in [5.74, 6) is -0.766. The van der Waals surface area contributed by atoms with E-state index in [2.05, 4.69) is 0 Å². The quantitative estimate of drug-likeness (QED) is 0.196. The van der Waals surface area contributed by atoms with E-state index >= 15 is 0 Å². The Hall–Kier alpha value is -4.56. The molecule has 0 unspecified atom stereocenters. The minimum absolute atomic E-state index is 0.0836. The monoisotopic (exact) mass is 474 g/mol. The minimum Gasteiger partial charge on any atom is -0.493 e. The zero-order chi connectivity index (χ0) is 25.6. The summed E-state index contributed by atoms with van der Waals surface area (Å²) in [6.45, 7) is 6.28. The van der Waals surface area contributed by atoms with Crippen molar-refractivity contribution >= 4 is 24.1 Å². The van der Waals surface area contributed by atoms with E-state index in [0.29, 0.717) is 23.5 Å². The van der Waals surface area contributed by atoms with E-state index in [0.717, 1.165) is 6.42 Å². The molecule has 0 aliphatic heterocycles. The highest BCUT2D eigenvalue weighted by Gasteiger charge is 2.17. The summed E-state index contributed by atoms with van der Waals surface area (Å²) in [4.78, 5) is 24.7.